The van der Waals surface area contributed by atoms with Crippen LogP contribution in [0.25, 0.3) is 0 Å². The lowest BCUT2D eigenvalue weighted by Gasteiger charge is -2.12. The Bertz CT molecular complexity index is 376. The summed E-state index contributed by atoms with van der Waals surface area (Å²) < 4.78 is 7.46. The quantitative estimate of drug-likeness (QED) is 0.754. The topological polar surface area (TPSA) is 59.0 Å². The van der Waals surface area contributed by atoms with E-state index in [4.69, 9.17) is 15.7 Å². The van der Waals surface area contributed by atoms with Gasteiger partial charge in [0.2, 0.25) is 0 Å². The molecule has 15 heavy (non-hydrogen) atoms. The van der Waals surface area contributed by atoms with E-state index in [1.165, 1.54) is 0 Å². The number of hydrogen-bond donors (Lipinski definition) is 1. The molecule has 0 fully saturated rings. The first-order valence-electron chi connectivity index (χ1n) is 4.32. The summed E-state index contributed by atoms with van der Waals surface area (Å²) in [5, 5.41) is 8.78. The van der Waals surface area contributed by atoms with E-state index in [0.29, 0.717) is 12.2 Å². The van der Waals surface area contributed by atoms with E-state index in [1.54, 1.807) is 12.1 Å². The third-order valence-corrected chi connectivity index (χ3v) is 3.22. The highest BCUT2D eigenvalue weighted by Gasteiger charge is 2.09. The molecule has 2 N–H and O–H groups in total. The minimum Gasteiger partial charge on any atom is -0.490 e. The largest absolute Gasteiger partial charge is 0.490 e. The Hall–Kier alpha value is -0.0700. The fourth-order valence-electron chi connectivity index (χ4n) is 0.977. The van der Waals surface area contributed by atoms with Gasteiger partial charge in [0.25, 0.3) is 0 Å². The molecule has 80 valence electrons. The van der Waals surface area contributed by atoms with Crippen LogP contribution in [-0.4, -0.2) is 12.6 Å². The second kappa shape index (κ2) is 5.86. The summed E-state index contributed by atoms with van der Waals surface area (Å²) in [6.45, 7) is 2.38. The lowest BCUT2D eigenvalue weighted by Crippen LogP contribution is -2.24. The highest BCUT2D eigenvalue weighted by Crippen LogP contribution is 2.28. The van der Waals surface area contributed by atoms with Crippen LogP contribution in [0.3, 0.4) is 0 Å². The molecule has 0 aliphatic heterocycles. The number of nitrogens with zero attached hydrogens (tertiary/aromatic N) is 1. The summed E-state index contributed by atoms with van der Waals surface area (Å²) in [6.07, 6.45) is 0. The molecule has 1 unspecified atom stereocenters. The number of halogens is 2. The Balaban J connectivity index is 2.94. The van der Waals surface area contributed by atoms with E-state index < -0.39 is 0 Å². The fourth-order valence-corrected chi connectivity index (χ4v) is 3.06. The molecular weight excluding hydrogens is 418 g/mol. The fraction of sp³-hybridized carbons (Fsp3) is 0.300. The molecular formula is C10H10I2N2O. The van der Waals surface area contributed by atoms with Crippen molar-refractivity contribution in [3.8, 4) is 11.8 Å². The second-order valence-corrected chi connectivity index (χ2v) is 5.49. The van der Waals surface area contributed by atoms with Gasteiger partial charge in [-0.05, 0) is 64.2 Å². The van der Waals surface area contributed by atoms with Crippen LogP contribution in [0.4, 0.5) is 0 Å². The van der Waals surface area contributed by atoms with Gasteiger partial charge in [0.15, 0.2) is 0 Å². The zero-order chi connectivity index (χ0) is 11.4. The number of nitrogens with two attached hydrogens (primary N) is 1. The van der Waals surface area contributed by atoms with Crippen LogP contribution in [0.15, 0.2) is 12.1 Å². The van der Waals surface area contributed by atoms with Gasteiger partial charge in [-0.25, -0.2) is 0 Å². The van der Waals surface area contributed by atoms with Gasteiger partial charge < -0.3 is 10.5 Å². The lowest BCUT2D eigenvalue weighted by atomic mass is 10.2. The molecule has 0 aromatic heterocycles. The van der Waals surface area contributed by atoms with Crippen molar-refractivity contribution in [2.45, 2.75) is 13.0 Å². The minimum absolute atomic E-state index is 0.00671. The average Bonchev–Trinajstić information content (AvgIpc) is 2.15. The number of hydrogen-bond acceptors (Lipinski definition) is 3. The van der Waals surface area contributed by atoms with Crippen molar-refractivity contribution in [3.63, 3.8) is 0 Å². The Labute approximate surface area is 116 Å². The van der Waals surface area contributed by atoms with Gasteiger partial charge in [-0.3, -0.25) is 0 Å². The summed E-state index contributed by atoms with van der Waals surface area (Å²) in [6, 6.07) is 5.73. The first-order chi connectivity index (χ1) is 7.04. The van der Waals surface area contributed by atoms with Crippen molar-refractivity contribution >= 4 is 45.2 Å². The maximum atomic E-state index is 8.78. The molecule has 1 atom stereocenters. The Morgan fingerprint density at radius 2 is 2.00 bits per heavy atom. The summed E-state index contributed by atoms with van der Waals surface area (Å²) in [7, 11) is 0. The Morgan fingerprint density at radius 1 is 1.47 bits per heavy atom. The van der Waals surface area contributed by atoms with Crippen molar-refractivity contribution in [1.29, 1.82) is 5.26 Å². The van der Waals surface area contributed by atoms with Crippen LogP contribution in [0, 0.1) is 18.5 Å². The van der Waals surface area contributed by atoms with E-state index in [2.05, 4.69) is 51.3 Å². The number of nitriles is 1. The zero-order valence-electron chi connectivity index (χ0n) is 8.13. The molecule has 0 amide bonds. The average molecular weight is 428 g/mol. The highest BCUT2D eigenvalue weighted by atomic mass is 127. The van der Waals surface area contributed by atoms with Gasteiger partial charge in [-0.2, -0.15) is 5.26 Å². The number of rotatable bonds is 3. The van der Waals surface area contributed by atoms with Gasteiger partial charge in [0.05, 0.1) is 18.8 Å². The van der Waals surface area contributed by atoms with Crippen LogP contribution in [-0.2, 0) is 0 Å². The van der Waals surface area contributed by atoms with Crippen molar-refractivity contribution in [3.05, 3.63) is 24.8 Å². The predicted molar refractivity (Wildman–Crippen MR) is 75.7 cm³/mol. The molecule has 0 aliphatic carbocycles. The predicted octanol–water partition coefficient (Wildman–Crippen LogP) is 2.49. The first kappa shape index (κ1) is 13.0. The SMILES string of the molecule is CC(N)COc1c(I)cc(C#N)cc1I. The van der Waals surface area contributed by atoms with E-state index in [-0.39, 0.29) is 6.04 Å². The van der Waals surface area contributed by atoms with Crippen LogP contribution >= 0.6 is 45.2 Å². The van der Waals surface area contributed by atoms with Gasteiger partial charge in [-0.15, -0.1) is 0 Å². The smallest absolute Gasteiger partial charge is 0.146 e. The normalized spacial score (nSPS) is 11.9. The van der Waals surface area contributed by atoms with E-state index >= 15 is 0 Å². The molecule has 0 aliphatic rings. The molecule has 1 aromatic carbocycles. The van der Waals surface area contributed by atoms with Crippen molar-refractivity contribution in [2.75, 3.05) is 6.61 Å². The third-order valence-electron chi connectivity index (χ3n) is 1.62. The summed E-state index contributed by atoms with van der Waals surface area (Å²) in [5.74, 6) is 0.813. The molecule has 1 rings (SSSR count). The van der Waals surface area contributed by atoms with E-state index in [9.17, 15) is 0 Å². The van der Waals surface area contributed by atoms with Crippen molar-refractivity contribution in [1.82, 2.24) is 0 Å². The second-order valence-electron chi connectivity index (χ2n) is 3.17. The summed E-state index contributed by atoms with van der Waals surface area (Å²) in [4.78, 5) is 0. The van der Waals surface area contributed by atoms with E-state index in [1.807, 2.05) is 6.92 Å². The molecule has 0 heterocycles. The van der Waals surface area contributed by atoms with Gasteiger partial charge in [0.1, 0.15) is 12.4 Å². The monoisotopic (exact) mass is 428 g/mol. The Kier molecular flexibility index (Phi) is 5.08. The highest BCUT2D eigenvalue weighted by molar-refractivity contribution is 14.1. The van der Waals surface area contributed by atoms with Crippen LogP contribution in [0.1, 0.15) is 12.5 Å². The maximum Gasteiger partial charge on any atom is 0.146 e. The summed E-state index contributed by atoms with van der Waals surface area (Å²) in [5.41, 5.74) is 6.26. The molecule has 3 nitrogen and oxygen atoms in total. The van der Waals surface area contributed by atoms with Crippen LogP contribution < -0.4 is 10.5 Å². The maximum absolute atomic E-state index is 8.78. The van der Waals surface area contributed by atoms with Gasteiger partial charge in [0, 0.05) is 6.04 Å². The first-order valence-corrected chi connectivity index (χ1v) is 6.48. The molecule has 0 bridgehead atoms. The zero-order valence-corrected chi connectivity index (χ0v) is 12.4. The molecule has 0 saturated heterocycles. The molecule has 0 spiro atoms. The van der Waals surface area contributed by atoms with Crippen LogP contribution in [0.5, 0.6) is 5.75 Å². The molecule has 1 aromatic rings. The number of benzene rings is 1. The standard InChI is InChI=1S/C10H10I2N2O/c1-6(14)5-15-10-8(11)2-7(4-13)3-9(10)12/h2-3,6H,5,14H2,1H3. The van der Waals surface area contributed by atoms with Gasteiger partial charge in [-0.1, -0.05) is 0 Å². The molecule has 5 heteroatoms. The number of ether oxygens (including phenoxy) is 1. The molecule has 0 radical (unpaired) electrons. The van der Waals surface area contributed by atoms with Crippen LogP contribution in [0.2, 0.25) is 0 Å². The van der Waals surface area contributed by atoms with E-state index in [0.717, 1.165) is 12.9 Å². The van der Waals surface area contributed by atoms with Gasteiger partial charge >= 0.3 is 0 Å². The summed E-state index contributed by atoms with van der Waals surface area (Å²) >= 11 is 4.32. The van der Waals surface area contributed by atoms with Crippen molar-refractivity contribution < 1.29 is 4.74 Å². The van der Waals surface area contributed by atoms with Crippen molar-refractivity contribution in [2.24, 2.45) is 5.73 Å². The minimum atomic E-state index is 0.00671. The molecule has 0 saturated carbocycles. The third kappa shape index (κ3) is 3.77. The lowest BCUT2D eigenvalue weighted by molar-refractivity contribution is 0.292. The Morgan fingerprint density at radius 3 is 2.40 bits per heavy atom.